The molecular formula is C19H24ClN4O2S+. The van der Waals surface area contributed by atoms with Gasteiger partial charge in [0.1, 0.15) is 30.2 Å². The van der Waals surface area contributed by atoms with Crippen LogP contribution in [-0.4, -0.2) is 45.0 Å². The highest BCUT2D eigenvalue weighted by molar-refractivity contribution is 7.17. The lowest BCUT2D eigenvalue weighted by atomic mass is 10.0. The maximum atomic E-state index is 11.0. The largest absolute Gasteiger partial charge is 0.492 e. The number of benzene rings is 1. The molecule has 2 aromatic heterocycles. The lowest BCUT2D eigenvalue weighted by molar-refractivity contribution is -0.939. The molecule has 1 aromatic carbocycles. The van der Waals surface area contributed by atoms with E-state index in [4.69, 9.17) is 16.3 Å². The van der Waals surface area contributed by atoms with E-state index in [0.717, 1.165) is 35.8 Å². The highest BCUT2D eigenvalue weighted by atomic mass is 35.5. The third-order valence-electron chi connectivity index (χ3n) is 5.01. The number of hydrogen-bond donors (Lipinski definition) is 2. The van der Waals surface area contributed by atoms with Crippen LogP contribution < -0.4 is 4.90 Å². The Bertz CT molecular complexity index is 946. The van der Waals surface area contributed by atoms with E-state index in [9.17, 15) is 5.11 Å². The summed E-state index contributed by atoms with van der Waals surface area (Å²) in [7, 11) is 0. The van der Waals surface area contributed by atoms with E-state index < -0.39 is 0 Å². The van der Waals surface area contributed by atoms with Crippen LogP contribution in [0.3, 0.4) is 0 Å². The zero-order valence-electron chi connectivity index (χ0n) is 15.6. The van der Waals surface area contributed by atoms with Crippen molar-refractivity contribution < 1.29 is 14.7 Å². The van der Waals surface area contributed by atoms with Gasteiger partial charge in [-0.2, -0.15) is 4.52 Å². The molecule has 0 amide bonds. The predicted molar refractivity (Wildman–Crippen MR) is 106 cm³/mol. The fourth-order valence-corrected chi connectivity index (χ4v) is 5.33. The minimum Gasteiger partial charge on any atom is -0.492 e. The fraction of sp³-hybridized carbons (Fsp3) is 0.474. The molecule has 1 aliphatic heterocycles. The van der Waals surface area contributed by atoms with Crippen molar-refractivity contribution in [2.24, 2.45) is 0 Å². The first-order valence-electron chi connectivity index (χ1n) is 9.29. The number of ether oxygens (including phenoxy) is 1. The Balaban J connectivity index is 1.84. The van der Waals surface area contributed by atoms with Crippen LogP contribution in [0.2, 0.25) is 5.02 Å². The van der Waals surface area contributed by atoms with Crippen LogP contribution in [0.1, 0.15) is 43.1 Å². The van der Waals surface area contributed by atoms with Crippen molar-refractivity contribution in [1.82, 2.24) is 14.6 Å². The normalized spacial score (nSPS) is 24.4. The van der Waals surface area contributed by atoms with Crippen LogP contribution in [0.5, 0.6) is 5.88 Å². The van der Waals surface area contributed by atoms with Crippen LogP contribution in [-0.2, 0) is 11.2 Å². The van der Waals surface area contributed by atoms with Gasteiger partial charge in [0.15, 0.2) is 11.9 Å². The average molecular weight is 408 g/mol. The van der Waals surface area contributed by atoms with Gasteiger partial charge in [-0.25, -0.2) is 4.98 Å². The lowest BCUT2D eigenvalue weighted by Crippen LogP contribution is -3.15. The number of fused-ring (bicyclic) bond motifs is 1. The average Bonchev–Trinajstić information content (AvgIpc) is 3.16. The van der Waals surface area contributed by atoms with E-state index in [1.54, 1.807) is 4.52 Å². The number of halogens is 1. The number of hydrogen-bond acceptors (Lipinski definition) is 5. The molecule has 0 saturated carbocycles. The van der Waals surface area contributed by atoms with E-state index in [1.807, 2.05) is 31.2 Å². The molecule has 1 saturated heterocycles. The molecule has 0 spiro atoms. The zero-order valence-corrected chi connectivity index (χ0v) is 17.2. The summed E-state index contributed by atoms with van der Waals surface area (Å²) in [5.74, 6) is 0.893. The predicted octanol–water partition coefficient (Wildman–Crippen LogP) is 2.49. The van der Waals surface area contributed by atoms with Gasteiger partial charge in [0.05, 0.1) is 5.02 Å². The van der Waals surface area contributed by atoms with Gasteiger partial charge < -0.3 is 14.7 Å². The number of nitrogens with one attached hydrogen (secondary N) is 1. The van der Waals surface area contributed by atoms with Crippen molar-refractivity contribution in [1.29, 1.82) is 0 Å². The summed E-state index contributed by atoms with van der Waals surface area (Å²) in [5.41, 5.74) is 1.01. The molecule has 4 atom stereocenters. The van der Waals surface area contributed by atoms with Crippen LogP contribution in [0.15, 0.2) is 24.3 Å². The summed E-state index contributed by atoms with van der Waals surface area (Å²) in [6.07, 6.45) is 1.02. The Morgan fingerprint density at radius 1 is 1.33 bits per heavy atom. The number of aromatic nitrogens is 3. The highest BCUT2D eigenvalue weighted by Gasteiger charge is 2.38. The van der Waals surface area contributed by atoms with Gasteiger partial charge in [-0.15, -0.1) is 5.10 Å². The van der Waals surface area contributed by atoms with E-state index in [2.05, 4.69) is 23.9 Å². The van der Waals surface area contributed by atoms with Crippen molar-refractivity contribution in [2.75, 3.05) is 13.1 Å². The number of aromatic hydroxyl groups is 1. The van der Waals surface area contributed by atoms with Crippen molar-refractivity contribution in [3.05, 3.63) is 45.6 Å². The quantitative estimate of drug-likeness (QED) is 0.697. The highest BCUT2D eigenvalue weighted by Crippen LogP contribution is 2.37. The molecule has 1 aliphatic rings. The molecule has 0 bridgehead atoms. The van der Waals surface area contributed by atoms with Crippen LogP contribution >= 0.6 is 22.9 Å². The fourth-order valence-electron chi connectivity index (χ4n) is 3.93. The number of rotatable bonds is 4. The van der Waals surface area contributed by atoms with Gasteiger partial charge >= 0.3 is 0 Å². The second-order valence-corrected chi connectivity index (χ2v) is 8.56. The first-order chi connectivity index (χ1) is 13.0. The Kier molecular flexibility index (Phi) is 5.11. The molecule has 6 nitrogen and oxygen atoms in total. The molecule has 0 radical (unpaired) electrons. The maximum absolute atomic E-state index is 11.0. The summed E-state index contributed by atoms with van der Waals surface area (Å²) in [6, 6.07) is 7.77. The number of nitrogens with zero attached hydrogens (tertiary/aromatic N) is 3. The van der Waals surface area contributed by atoms with E-state index in [1.165, 1.54) is 16.2 Å². The molecule has 1 fully saturated rings. The standard InChI is InChI=1S/C19H23ClN4O2S/c1-4-15-21-19-24(22-15)18(25)17(27-19)16(13-7-5-6-8-14(13)20)23-9-11(2)26-12(3)10-23/h5-8,11-12,16,25H,4,9-10H2,1-3H3/p+1/t11-,12+,16-/m1/s1. The smallest absolute Gasteiger partial charge is 0.235 e. The Labute approximate surface area is 167 Å². The Hall–Kier alpha value is -1.67. The molecule has 3 aromatic rings. The van der Waals surface area contributed by atoms with E-state index >= 15 is 0 Å². The van der Waals surface area contributed by atoms with Gasteiger partial charge in [-0.05, 0) is 19.9 Å². The number of quaternary nitrogens is 1. The van der Waals surface area contributed by atoms with Gasteiger partial charge in [0, 0.05) is 12.0 Å². The second-order valence-electron chi connectivity index (χ2n) is 7.14. The van der Waals surface area contributed by atoms with Crippen molar-refractivity contribution in [2.45, 2.75) is 45.4 Å². The van der Waals surface area contributed by atoms with Crippen molar-refractivity contribution in [3.8, 4) is 5.88 Å². The third-order valence-corrected chi connectivity index (χ3v) is 6.44. The summed E-state index contributed by atoms with van der Waals surface area (Å²) in [4.78, 5) is 7.41. The number of thiazole rings is 1. The van der Waals surface area contributed by atoms with Gasteiger partial charge in [0.2, 0.25) is 10.8 Å². The summed E-state index contributed by atoms with van der Waals surface area (Å²) >= 11 is 8.06. The third kappa shape index (κ3) is 3.45. The lowest BCUT2D eigenvalue weighted by Gasteiger charge is -2.37. The molecule has 0 aliphatic carbocycles. The molecule has 1 unspecified atom stereocenters. The summed E-state index contributed by atoms with van der Waals surface area (Å²) < 4.78 is 7.48. The van der Waals surface area contributed by atoms with Crippen molar-refractivity contribution in [3.63, 3.8) is 0 Å². The van der Waals surface area contributed by atoms with Crippen LogP contribution in [0.25, 0.3) is 4.96 Å². The first kappa shape index (κ1) is 18.7. The molecule has 27 heavy (non-hydrogen) atoms. The van der Waals surface area contributed by atoms with Crippen LogP contribution in [0.4, 0.5) is 0 Å². The molecular weight excluding hydrogens is 384 g/mol. The Morgan fingerprint density at radius 2 is 2.04 bits per heavy atom. The van der Waals surface area contributed by atoms with Gasteiger partial charge in [0.25, 0.3) is 0 Å². The summed E-state index contributed by atoms with van der Waals surface area (Å²) in [5, 5.41) is 16.1. The second kappa shape index (κ2) is 7.39. The molecule has 8 heteroatoms. The Morgan fingerprint density at radius 3 is 2.67 bits per heavy atom. The van der Waals surface area contributed by atoms with Gasteiger partial charge in [-0.3, -0.25) is 0 Å². The minimum absolute atomic E-state index is 0.0916. The molecule has 4 rings (SSSR count). The van der Waals surface area contributed by atoms with Gasteiger partial charge in [-0.1, -0.05) is 48.1 Å². The van der Waals surface area contributed by atoms with E-state index in [-0.39, 0.29) is 24.1 Å². The number of morpholine rings is 1. The first-order valence-corrected chi connectivity index (χ1v) is 10.5. The van der Waals surface area contributed by atoms with Crippen LogP contribution in [0, 0.1) is 0 Å². The monoisotopic (exact) mass is 407 g/mol. The minimum atomic E-state index is -0.0916. The van der Waals surface area contributed by atoms with E-state index in [0.29, 0.717) is 9.98 Å². The molecule has 144 valence electrons. The van der Waals surface area contributed by atoms with Crippen molar-refractivity contribution >= 4 is 27.9 Å². The maximum Gasteiger partial charge on any atom is 0.235 e. The summed E-state index contributed by atoms with van der Waals surface area (Å²) in [6.45, 7) is 7.87. The SMILES string of the molecule is CCc1nc2sc([C@@H](c3ccccc3Cl)[NH+]3C[C@@H](C)O[C@@H](C)C3)c(O)n2n1. The zero-order chi connectivity index (χ0) is 19.1. The number of aryl methyl sites for hydroxylation is 1. The topological polar surface area (TPSA) is 64.1 Å². The molecule has 3 heterocycles. The molecule has 2 N–H and O–H groups in total.